The van der Waals surface area contributed by atoms with Gasteiger partial charge in [0, 0.05) is 26.2 Å². The van der Waals surface area contributed by atoms with Gasteiger partial charge in [0.15, 0.2) is 5.76 Å². The van der Waals surface area contributed by atoms with E-state index in [-0.39, 0.29) is 5.76 Å². The Labute approximate surface area is 180 Å². The van der Waals surface area contributed by atoms with Crippen LogP contribution in [0.25, 0.3) is 0 Å². The topological polar surface area (TPSA) is 89.3 Å². The zero-order valence-corrected chi connectivity index (χ0v) is 17.5. The molecule has 0 saturated carbocycles. The van der Waals surface area contributed by atoms with Crippen molar-refractivity contribution >= 4 is 17.5 Å². The van der Waals surface area contributed by atoms with E-state index in [0.717, 1.165) is 25.2 Å². The number of ether oxygens (including phenoxy) is 2. The van der Waals surface area contributed by atoms with Gasteiger partial charge in [0.2, 0.25) is 11.6 Å². The Balaban J connectivity index is 1.58. The highest BCUT2D eigenvalue weighted by molar-refractivity contribution is 6.43. The van der Waals surface area contributed by atoms with Crippen LogP contribution in [0.3, 0.4) is 0 Å². The lowest BCUT2D eigenvalue weighted by Gasteiger charge is -2.30. The highest BCUT2D eigenvalue weighted by Gasteiger charge is 2.52. The van der Waals surface area contributed by atoms with Crippen molar-refractivity contribution in [2.24, 2.45) is 5.92 Å². The Morgan fingerprint density at radius 1 is 1.10 bits per heavy atom. The molecule has 0 spiro atoms. The maximum Gasteiger partial charge on any atom is 0.291 e. The van der Waals surface area contributed by atoms with Crippen molar-refractivity contribution in [1.29, 1.82) is 0 Å². The Hall–Kier alpha value is -2.97. The van der Waals surface area contributed by atoms with Gasteiger partial charge in [-0.2, -0.15) is 0 Å². The van der Waals surface area contributed by atoms with Crippen LogP contribution in [0.5, 0.6) is 5.75 Å². The number of carbonyl (C=O) groups excluding carboxylic acids is 3. The van der Waals surface area contributed by atoms with Crippen LogP contribution in [0, 0.1) is 5.92 Å². The molecule has 2 aliphatic heterocycles. The summed E-state index contributed by atoms with van der Waals surface area (Å²) in [7, 11) is 1.57. The SMILES string of the molecule is COc1ccc(C2C(C(=O)c3ccco3)C(=O)C(=O)N2CCCN2CCOCC2)cc1. The lowest BCUT2D eigenvalue weighted by Crippen LogP contribution is -2.39. The Kier molecular flexibility index (Phi) is 6.48. The lowest BCUT2D eigenvalue weighted by molar-refractivity contribution is -0.140. The number of furan rings is 1. The van der Waals surface area contributed by atoms with Crippen LogP contribution in [-0.4, -0.2) is 73.8 Å². The summed E-state index contributed by atoms with van der Waals surface area (Å²) in [5.74, 6) is -2.16. The second-order valence-corrected chi connectivity index (χ2v) is 7.71. The van der Waals surface area contributed by atoms with Gasteiger partial charge in [0.1, 0.15) is 11.7 Å². The molecule has 0 aliphatic carbocycles. The standard InChI is InChI=1S/C23H26N2O6/c1-29-17-7-5-16(6-8-17)20-19(21(26)18-4-2-13-31-18)22(27)23(28)25(20)10-3-9-24-11-14-30-15-12-24/h2,4-8,13,19-20H,3,9-12,14-15H2,1H3. The number of likely N-dealkylation sites (tertiary alicyclic amines) is 1. The van der Waals surface area contributed by atoms with E-state index in [9.17, 15) is 14.4 Å². The first-order valence-corrected chi connectivity index (χ1v) is 10.5. The molecule has 0 N–H and O–H groups in total. The highest BCUT2D eigenvalue weighted by Crippen LogP contribution is 2.38. The van der Waals surface area contributed by atoms with Gasteiger partial charge in [0.05, 0.1) is 32.6 Å². The number of morpholine rings is 1. The number of benzene rings is 1. The molecule has 2 unspecified atom stereocenters. The number of amides is 1. The molecule has 1 amide bonds. The van der Waals surface area contributed by atoms with Crippen LogP contribution in [0.4, 0.5) is 0 Å². The quantitative estimate of drug-likeness (QED) is 0.362. The molecule has 31 heavy (non-hydrogen) atoms. The zero-order valence-electron chi connectivity index (χ0n) is 17.5. The second kappa shape index (κ2) is 9.45. The van der Waals surface area contributed by atoms with Crippen LogP contribution in [0.15, 0.2) is 47.1 Å². The van der Waals surface area contributed by atoms with Crippen molar-refractivity contribution < 1.29 is 28.3 Å². The summed E-state index contributed by atoms with van der Waals surface area (Å²) in [6, 6.07) is 9.57. The maximum atomic E-state index is 13.1. The van der Waals surface area contributed by atoms with Gasteiger partial charge >= 0.3 is 0 Å². The molecule has 164 valence electrons. The molecule has 1 aromatic heterocycles. The largest absolute Gasteiger partial charge is 0.497 e. The van der Waals surface area contributed by atoms with E-state index >= 15 is 0 Å². The first kappa shape index (κ1) is 21.3. The van der Waals surface area contributed by atoms with Gasteiger partial charge in [-0.15, -0.1) is 0 Å². The number of hydrogen-bond donors (Lipinski definition) is 0. The third kappa shape index (κ3) is 4.40. The molecule has 3 heterocycles. The van der Waals surface area contributed by atoms with E-state index in [0.29, 0.717) is 31.9 Å². The van der Waals surface area contributed by atoms with Crippen molar-refractivity contribution in [2.45, 2.75) is 12.5 Å². The van der Waals surface area contributed by atoms with Crippen LogP contribution >= 0.6 is 0 Å². The van der Waals surface area contributed by atoms with Crippen molar-refractivity contribution in [1.82, 2.24) is 9.80 Å². The van der Waals surface area contributed by atoms with E-state index in [1.807, 2.05) is 0 Å². The molecular formula is C23H26N2O6. The first-order valence-electron chi connectivity index (χ1n) is 10.5. The predicted molar refractivity (Wildman–Crippen MR) is 111 cm³/mol. The van der Waals surface area contributed by atoms with Gasteiger partial charge in [-0.05, 0) is 36.2 Å². The fraction of sp³-hybridized carbons (Fsp3) is 0.435. The minimum atomic E-state index is -1.13. The lowest BCUT2D eigenvalue weighted by atomic mass is 9.88. The van der Waals surface area contributed by atoms with Crippen molar-refractivity contribution in [3.63, 3.8) is 0 Å². The molecule has 2 fully saturated rings. The predicted octanol–water partition coefficient (Wildman–Crippen LogP) is 1.96. The van der Waals surface area contributed by atoms with Crippen LogP contribution < -0.4 is 4.74 Å². The van der Waals surface area contributed by atoms with Crippen molar-refractivity contribution in [3.8, 4) is 5.75 Å². The summed E-state index contributed by atoms with van der Waals surface area (Å²) in [6.07, 6.45) is 2.09. The summed E-state index contributed by atoms with van der Waals surface area (Å²) in [4.78, 5) is 42.7. The third-order valence-electron chi connectivity index (χ3n) is 5.89. The third-order valence-corrected chi connectivity index (χ3v) is 5.89. The molecule has 2 atom stereocenters. The van der Waals surface area contributed by atoms with E-state index in [4.69, 9.17) is 13.9 Å². The second-order valence-electron chi connectivity index (χ2n) is 7.71. The number of rotatable bonds is 8. The van der Waals surface area contributed by atoms with Gasteiger partial charge < -0.3 is 18.8 Å². The molecule has 1 aromatic carbocycles. The average Bonchev–Trinajstić information content (AvgIpc) is 3.43. The fourth-order valence-corrected chi connectivity index (χ4v) is 4.26. The number of carbonyl (C=O) groups is 3. The molecule has 8 nitrogen and oxygen atoms in total. The van der Waals surface area contributed by atoms with Gasteiger partial charge in [-0.3, -0.25) is 19.3 Å². The number of hydrogen-bond acceptors (Lipinski definition) is 7. The number of nitrogens with zero attached hydrogens (tertiary/aromatic N) is 2. The van der Waals surface area contributed by atoms with E-state index in [1.54, 1.807) is 37.4 Å². The Bertz CT molecular complexity index is 918. The molecule has 2 aliphatic rings. The molecule has 2 aromatic rings. The van der Waals surface area contributed by atoms with Crippen molar-refractivity contribution in [2.75, 3.05) is 46.5 Å². The number of methoxy groups -OCH3 is 1. The molecular weight excluding hydrogens is 400 g/mol. The monoisotopic (exact) mass is 426 g/mol. The van der Waals surface area contributed by atoms with Crippen LogP contribution in [0.2, 0.25) is 0 Å². The molecule has 2 saturated heterocycles. The normalized spacial score (nSPS) is 22.2. The maximum absolute atomic E-state index is 13.1. The molecule has 8 heteroatoms. The van der Waals surface area contributed by atoms with E-state index in [1.165, 1.54) is 17.2 Å². The van der Waals surface area contributed by atoms with Crippen molar-refractivity contribution in [3.05, 3.63) is 54.0 Å². The zero-order chi connectivity index (χ0) is 21.8. The highest BCUT2D eigenvalue weighted by atomic mass is 16.5. The van der Waals surface area contributed by atoms with Crippen LogP contribution in [0.1, 0.15) is 28.6 Å². The summed E-state index contributed by atoms with van der Waals surface area (Å²) >= 11 is 0. The summed E-state index contributed by atoms with van der Waals surface area (Å²) in [5.41, 5.74) is 0.719. The summed E-state index contributed by atoms with van der Waals surface area (Å²) in [6.45, 7) is 4.31. The van der Waals surface area contributed by atoms with Crippen LogP contribution in [-0.2, 0) is 14.3 Å². The summed E-state index contributed by atoms with van der Waals surface area (Å²) < 4.78 is 15.8. The Morgan fingerprint density at radius 2 is 1.84 bits per heavy atom. The molecule has 0 bridgehead atoms. The fourth-order valence-electron chi connectivity index (χ4n) is 4.26. The molecule has 0 radical (unpaired) electrons. The summed E-state index contributed by atoms with van der Waals surface area (Å²) in [5, 5.41) is 0. The minimum absolute atomic E-state index is 0.0832. The number of Topliss-reactive ketones (excluding diaryl/α,β-unsaturated/α-hetero) is 2. The first-order chi connectivity index (χ1) is 15.1. The van der Waals surface area contributed by atoms with Gasteiger partial charge in [0.25, 0.3) is 5.91 Å². The average molecular weight is 426 g/mol. The Morgan fingerprint density at radius 3 is 2.48 bits per heavy atom. The number of ketones is 2. The van der Waals surface area contributed by atoms with Gasteiger partial charge in [-0.25, -0.2) is 0 Å². The van der Waals surface area contributed by atoms with E-state index in [2.05, 4.69) is 4.90 Å². The van der Waals surface area contributed by atoms with E-state index < -0.39 is 29.4 Å². The molecule has 4 rings (SSSR count). The smallest absolute Gasteiger partial charge is 0.291 e. The minimum Gasteiger partial charge on any atom is -0.497 e. The van der Waals surface area contributed by atoms with Gasteiger partial charge in [-0.1, -0.05) is 12.1 Å².